The average Bonchev–Trinajstić information content (AvgIpc) is 2.84. The normalized spacial score (nSPS) is 10.8. The Bertz CT molecular complexity index is 819. The molecule has 0 unspecified atom stereocenters. The highest BCUT2D eigenvalue weighted by atomic mass is 79.9. The number of hydrogen-bond donors (Lipinski definition) is 1. The fourth-order valence-corrected chi connectivity index (χ4v) is 2.67. The van der Waals surface area contributed by atoms with E-state index in [1.54, 1.807) is 36.4 Å². The molecule has 0 bridgehead atoms. The summed E-state index contributed by atoms with van der Waals surface area (Å²) in [6, 6.07) is 11.7. The Hall–Kier alpha value is -1.85. The fraction of sp³-hybridized carbons (Fsp3) is 0. The lowest BCUT2D eigenvalue weighted by molar-refractivity contribution is 0.436. The Morgan fingerprint density at radius 1 is 1.10 bits per heavy atom. The number of benzene rings is 2. The summed E-state index contributed by atoms with van der Waals surface area (Å²) in [4.78, 5) is 0. The molecule has 0 spiro atoms. The molecule has 3 rings (SSSR count). The van der Waals surface area contributed by atoms with Crippen LogP contribution >= 0.6 is 27.5 Å². The van der Waals surface area contributed by atoms with Crippen LogP contribution in [0, 0.1) is 5.82 Å². The van der Waals surface area contributed by atoms with E-state index in [9.17, 15) is 4.39 Å². The quantitative estimate of drug-likeness (QED) is 0.682. The third-order valence-electron chi connectivity index (χ3n) is 3.06. The van der Waals surface area contributed by atoms with Gasteiger partial charge < -0.3 is 10.3 Å². The summed E-state index contributed by atoms with van der Waals surface area (Å²) in [6.07, 6.45) is 0. The maximum Gasteiger partial charge on any atom is 0.178 e. The van der Waals surface area contributed by atoms with Gasteiger partial charge in [0.1, 0.15) is 5.82 Å². The number of aromatic nitrogens is 1. The van der Waals surface area contributed by atoms with Crippen molar-refractivity contribution in [1.29, 1.82) is 0 Å². The van der Waals surface area contributed by atoms with Crippen LogP contribution in [0.25, 0.3) is 22.5 Å². The molecule has 6 heteroatoms. The second-order valence-corrected chi connectivity index (χ2v) is 5.59. The minimum Gasteiger partial charge on any atom is -0.380 e. The number of hydrogen-bond acceptors (Lipinski definition) is 3. The monoisotopic (exact) mass is 366 g/mol. The number of nitrogens with zero attached hydrogens (tertiary/aromatic N) is 1. The van der Waals surface area contributed by atoms with E-state index in [1.165, 1.54) is 6.07 Å². The molecule has 0 amide bonds. The van der Waals surface area contributed by atoms with Gasteiger partial charge in [-0.05, 0) is 34.1 Å². The van der Waals surface area contributed by atoms with Crippen LogP contribution in [-0.2, 0) is 0 Å². The minimum absolute atomic E-state index is 0.117. The summed E-state index contributed by atoms with van der Waals surface area (Å²) < 4.78 is 20.0. The van der Waals surface area contributed by atoms with Gasteiger partial charge in [0.15, 0.2) is 11.6 Å². The van der Waals surface area contributed by atoms with Crippen LogP contribution in [0.5, 0.6) is 0 Å². The first-order valence-electron chi connectivity index (χ1n) is 6.04. The molecular weight excluding hydrogens is 359 g/mol. The van der Waals surface area contributed by atoms with Crippen LogP contribution in [-0.4, -0.2) is 5.16 Å². The average molecular weight is 368 g/mol. The second-order valence-electron chi connectivity index (χ2n) is 4.35. The number of nitrogen functional groups attached to an aromatic ring is 1. The highest BCUT2D eigenvalue weighted by molar-refractivity contribution is 9.10. The van der Waals surface area contributed by atoms with Crippen LogP contribution in [0.4, 0.5) is 10.2 Å². The van der Waals surface area contributed by atoms with E-state index in [4.69, 9.17) is 21.9 Å². The Labute approximate surface area is 133 Å². The molecule has 106 valence electrons. The molecule has 2 aromatic carbocycles. The lowest BCUT2D eigenvalue weighted by Crippen LogP contribution is -1.91. The van der Waals surface area contributed by atoms with Gasteiger partial charge in [-0.1, -0.05) is 41.0 Å². The predicted molar refractivity (Wildman–Crippen MR) is 84.5 cm³/mol. The molecule has 0 saturated heterocycles. The number of halogens is 3. The van der Waals surface area contributed by atoms with Crippen LogP contribution in [0.3, 0.4) is 0 Å². The van der Waals surface area contributed by atoms with E-state index in [2.05, 4.69) is 21.1 Å². The van der Waals surface area contributed by atoms with Crippen molar-refractivity contribution < 1.29 is 8.91 Å². The van der Waals surface area contributed by atoms with Gasteiger partial charge in [0.05, 0.1) is 10.6 Å². The number of anilines is 1. The lowest BCUT2D eigenvalue weighted by Gasteiger charge is -2.06. The van der Waals surface area contributed by atoms with Crippen molar-refractivity contribution in [2.45, 2.75) is 0 Å². The summed E-state index contributed by atoms with van der Waals surface area (Å²) in [7, 11) is 0. The van der Waals surface area contributed by atoms with Gasteiger partial charge in [-0.3, -0.25) is 0 Å². The Morgan fingerprint density at radius 2 is 1.81 bits per heavy atom. The Balaban J connectivity index is 2.28. The SMILES string of the molecule is Nc1noc(-c2cccc(Br)c2Cl)c1-c1ccccc1F. The molecule has 0 aliphatic carbocycles. The zero-order valence-electron chi connectivity index (χ0n) is 10.6. The van der Waals surface area contributed by atoms with Crippen molar-refractivity contribution in [1.82, 2.24) is 5.16 Å². The molecule has 0 aliphatic rings. The van der Waals surface area contributed by atoms with Gasteiger partial charge in [-0.15, -0.1) is 0 Å². The molecule has 3 aromatic rings. The van der Waals surface area contributed by atoms with Crippen molar-refractivity contribution in [3.63, 3.8) is 0 Å². The summed E-state index contributed by atoms with van der Waals surface area (Å²) >= 11 is 9.61. The zero-order valence-corrected chi connectivity index (χ0v) is 13.0. The van der Waals surface area contributed by atoms with E-state index in [-0.39, 0.29) is 5.82 Å². The molecule has 21 heavy (non-hydrogen) atoms. The van der Waals surface area contributed by atoms with Crippen LogP contribution in [0.1, 0.15) is 0 Å². The molecular formula is C15H9BrClFN2O. The number of nitrogens with two attached hydrogens (primary N) is 1. The first kappa shape index (κ1) is 14.1. The van der Waals surface area contributed by atoms with Crippen molar-refractivity contribution in [2.24, 2.45) is 0 Å². The maximum absolute atomic E-state index is 14.0. The molecule has 0 atom stereocenters. The zero-order chi connectivity index (χ0) is 15.0. The van der Waals surface area contributed by atoms with Crippen LogP contribution in [0.15, 0.2) is 51.5 Å². The Kier molecular flexibility index (Phi) is 3.69. The van der Waals surface area contributed by atoms with Crippen molar-refractivity contribution in [3.05, 3.63) is 57.8 Å². The van der Waals surface area contributed by atoms with E-state index in [1.807, 2.05) is 0 Å². The first-order valence-corrected chi connectivity index (χ1v) is 7.21. The smallest absolute Gasteiger partial charge is 0.178 e. The summed E-state index contributed by atoms with van der Waals surface area (Å²) in [5.41, 5.74) is 7.15. The fourth-order valence-electron chi connectivity index (χ4n) is 2.09. The minimum atomic E-state index is -0.403. The van der Waals surface area contributed by atoms with Gasteiger partial charge >= 0.3 is 0 Å². The van der Waals surface area contributed by atoms with Crippen LogP contribution < -0.4 is 5.73 Å². The largest absolute Gasteiger partial charge is 0.380 e. The standard InChI is InChI=1S/C15H9BrClFN2O/c16-10-6-3-5-9(13(10)17)14-12(15(19)20-21-14)8-4-1-2-7-11(8)18/h1-7H,(H2,19,20). The van der Waals surface area contributed by atoms with Gasteiger partial charge in [-0.25, -0.2) is 4.39 Å². The molecule has 0 saturated carbocycles. The second kappa shape index (κ2) is 5.50. The summed E-state index contributed by atoms with van der Waals surface area (Å²) in [5.74, 6) is 0.0508. The molecule has 0 aliphatic heterocycles. The topological polar surface area (TPSA) is 52.0 Å². The van der Waals surface area contributed by atoms with Crippen molar-refractivity contribution >= 4 is 33.3 Å². The van der Waals surface area contributed by atoms with E-state index in [0.29, 0.717) is 31.9 Å². The van der Waals surface area contributed by atoms with Gasteiger partial charge in [0.2, 0.25) is 0 Å². The lowest BCUT2D eigenvalue weighted by atomic mass is 10.0. The predicted octanol–water partition coefficient (Wildman–Crippen LogP) is 5.15. The van der Waals surface area contributed by atoms with E-state index >= 15 is 0 Å². The first-order chi connectivity index (χ1) is 10.1. The molecule has 3 nitrogen and oxygen atoms in total. The van der Waals surface area contributed by atoms with Gasteiger partial charge in [0.25, 0.3) is 0 Å². The van der Waals surface area contributed by atoms with E-state index in [0.717, 1.165) is 0 Å². The Morgan fingerprint density at radius 3 is 2.57 bits per heavy atom. The summed E-state index contributed by atoms with van der Waals surface area (Å²) in [5, 5.41) is 4.19. The maximum atomic E-state index is 14.0. The van der Waals surface area contributed by atoms with Crippen molar-refractivity contribution in [2.75, 3.05) is 5.73 Å². The molecule has 0 fully saturated rings. The third-order valence-corrected chi connectivity index (χ3v) is 4.35. The number of rotatable bonds is 2. The van der Waals surface area contributed by atoms with Gasteiger partial charge in [-0.2, -0.15) is 0 Å². The van der Waals surface area contributed by atoms with E-state index < -0.39 is 5.82 Å². The highest BCUT2D eigenvalue weighted by Crippen LogP contribution is 2.42. The molecule has 2 N–H and O–H groups in total. The van der Waals surface area contributed by atoms with Crippen molar-refractivity contribution in [3.8, 4) is 22.5 Å². The van der Waals surface area contributed by atoms with Gasteiger partial charge in [0, 0.05) is 15.6 Å². The third kappa shape index (κ3) is 2.43. The molecule has 0 radical (unpaired) electrons. The molecule has 1 heterocycles. The highest BCUT2D eigenvalue weighted by Gasteiger charge is 2.22. The summed E-state index contributed by atoms with van der Waals surface area (Å²) in [6.45, 7) is 0. The molecule has 1 aromatic heterocycles. The van der Waals surface area contributed by atoms with Crippen LogP contribution in [0.2, 0.25) is 5.02 Å².